The standard InChI is InChI=1S/C15H19N3O4S/c1-4-18(5-2)23(20,21)13-8-6-12(7-9-13)16-15(19)14-10-11(3)17-22-14/h6-10H,4-5H2,1-3H3,(H,16,19). The lowest BCUT2D eigenvalue weighted by Crippen LogP contribution is -2.30. The molecule has 0 aliphatic carbocycles. The third kappa shape index (κ3) is 3.77. The Hall–Kier alpha value is -2.19. The van der Waals surface area contributed by atoms with E-state index in [1.165, 1.54) is 34.6 Å². The molecule has 0 radical (unpaired) electrons. The first-order chi connectivity index (χ1) is 10.9. The van der Waals surface area contributed by atoms with Crippen molar-refractivity contribution in [2.45, 2.75) is 25.7 Å². The van der Waals surface area contributed by atoms with Crippen LogP contribution in [0.4, 0.5) is 5.69 Å². The van der Waals surface area contributed by atoms with Gasteiger partial charge in [0.15, 0.2) is 0 Å². The molecule has 0 saturated carbocycles. The average molecular weight is 337 g/mol. The highest BCUT2D eigenvalue weighted by Gasteiger charge is 2.21. The van der Waals surface area contributed by atoms with Gasteiger partial charge in [0, 0.05) is 24.8 Å². The summed E-state index contributed by atoms with van der Waals surface area (Å²) in [6.07, 6.45) is 0. The molecule has 2 rings (SSSR count). The van der Waals surface area contributed by atoms with Crippen molar-refractivity contribution in [3.63, 3.8) is 0 Å². The number of aromatic nitrogens is 1. The average Bonchev–Trinajstić information content (AvgIpc) is 2.95. The predicted octanol–water partition coefficient (Wildman–Crippen LogP) is 2.27. The predicted molar refractivity (Wildman–Crippen MR) is 85.7 cm³/mol. The molecule has 0 atom stereocenters. The van der Waals surface area contributed by atoms with E-state index in [0.717, 1.165) is 0 Å². The number of rotatable bonds is 6. The van der Waals surface area contributed by atoms with Crippen LogP contribution in [0.25, 0.3) is 0 Å². The summed E-state index contributed by atoms with van der Waals surface area (Å²) in [4.78, 5) is 12.1. The van der Waals surface area contributed by atoms with E-state index in [9.17, 15) is 13.2 Å². The highest BCUT2D eigenvalue weighted by Crippen LogP contribution is 2.18. The molecule has 0 bridgehead atoms. The zero-order valence-corrected chi connectivity index (χ0v) is 14.1. The lowest BCUT2D eigenvalue weighted by molar-refractivity contribution is 0.0988. The largest absolute Gasteiger partial charge is 0.351 e. The SMILES string of the molecule is CCN(CC)S(=O)(=O)c1ccc(NC(=O)c2cc(C)no2)cc1. The number of carbonyl (C=O) groups is 1. The number of hydrogen-bond donors (Lipinski definition) is 1. The van der Waals surface area contributed by atoms with E-state index < -0.39 is 15.9 Å². The molecule has 0 aliphatic rings. The second kappa shape index (κ2) is 6.93. The molecule has 8 heteroatoms. The van der Waals surface area contributed by atoms with Crippen molar-refractivity contribution in [1.29, 1.82) is 0 Å². The molecule has 23 heavy (non-hydrogen) atoms. The van der Waals surface area contributed by atoms with E-state index in [4.69, 9.17) is 4.52 Å². The molecule has 124 valence electrons. The van der Waals surface area contributed by atoms with Crippen LogP contribution < -0.4 is 5.32 Å². The van der Waals surface area contributed by atoms with Gasteiger partial charge in [-0.15, -0.1) is 0 Å². The third-order valence-corrected chi connectivity index (χ3v) is 5.37. The molecular formula is C15H19N3O4S. The van der Waals surface area contributed by atoms with Crippen LogP contribution in [-0.2, 0) is 10.0 Å². The Morgan fingerprint density at radius 1 is 1.22 bits per heavy atom. The van der Waals surface area contributed by atoms with Crippen LogP contribution in [0, 0.1) is 6.92 Å². The van der Waals surface area contributed by atoms with Gasteiger partial charge >= 0.3 is 0 Å². The Labute approximate surface area is 135 Å². The van der Waals surface area contributed by atoms with Gasteiger partial charge in [-0.1, -0.05) is 19.0 Å². The minimum Gasteiger partial charge on any atom is -0.351 e. The topological polar surface area (TPSA) is 92.5 Å². The Morgan fingerprint density at radius 3 is 2.30 bits per heavy atom. The highest BCUT2D eigenvalue weighted by atomic mass is 32.2. The number of sulfonamides is 1. The van der Waals surface area contributed by atoms with Gasteiger partial charge < -0.3 is 9.84 Å². The van der Waals surface area contributed by atoms with Crippen molar-refractivity contribution in [1.82, 2.24) is 9.46 Å². The van der Waals surface area contributed by atoms with Crippen molar-refractivity contribution in [2.24, 2.45) is 0 Å². The van der Waals surface area contributed by atoms with E-state index in [0.29, 0.717) is 24.5 Å². The van der Waals surface area contributed by atoms with E-state index in [-0.39, 0.29) is 10.7 Å². The number of hydrogen-bond acceptors (Lipinski definition) is 5. The Balaban J connectivity index is 2.15. The highest BCUT2D eigenvalue weighted by molar-refractivity contribution is 7.89. The number of amides is 1. The van der Waals surface area contributed by atoms with E-state index >= 15 is 0 Å². The van der Waals surface area contributed by atoms with Gasteiger partial charge in [-0.2, -0.15) is 4.31 Å². The van der Waals surface area contributed by atoms with Crippen LogP contribution in [0.1, 0.15) is 30.1 Å². The number of benzene rings is 1. The third-order valence-electron chi connectivity index (χ3n) is 3.31. The van der Waals surface area contributed by atoms with Crippen LogP contribution in [0.2, 0.25) is 0 Å². The van der Waals surface area contributed by atoms with Gasteiger partial charge in [-0.25, -0.2) is 8.42 Å². The second-order valence-electron chi connectivity index (χ2n) is 4.90. The number of anilines is 1. The maximum Gasteiger partial charge on any atom is 0.294 e. The molecule has 0 saturated heterocycles. The van der Waals surface area contributed by atoms with E-state index in [2.05, 4.69) is 10.5 Å². The van der Waals surface area contributed by atoms with Gasteiger partial charge in [0.25, 0.3) is 5.91 Å². The molecule has 0 unspecified atom stereocenters. The monoisotopic (exact) mass is 337 g/mol. The maximum atomic E-state index is 12.4. The fourth-order valence-electron chi connectivity index (χ4n) is 2.09. The molecular weight excluding hydrogens is 318 g/mol. The van der Waals surface area contributed by atoms with Crippen LogP contribution in [-0.4, -0.2) is 36.9 Å². The summed E-state index contributed by atoms with van der Waals surface area (Å²) < 4.78 is 31.0. The normalized spacial score (nSPS) is 11.7. The fraction of sp³-hybridized carbons (Fsp3) is 0.333. The van der Waals surface area contributed by atoms with Gasteiger partial charge in [-0.05, 0) is 31.2 Å². The molecule has 1 heterocycles. The molecule has 2 aromatic rings. The smallest absolute Gasteiger partial charge is 0.294 e. The van der Waals surface area contributed by atoms with Crippen molar-refractivity contribution in [3.8, 4) is 0 Å². The molecule has 0 fully saturated rings. The van der Waals surface area contributed by atoms with Crippen LogP contribution in [0.15, 0.2) is 39.8 Å². The Morgan fingerprint density at radius 2 is 1.83 bits per heavy atom. The molecule has 1 aromatic carbocycles. The van der Waals surface area contributed by atoms with Crippen molar-refractivity contribution < 1.29 is 17.7 Å². The van der Waals surface area contributed by atoms with Gasteiger partial charge in [-0.3, -0.25) is 4.79 Å². The Kier molecular flexibility index (Phi) is 5.17. The lowest BCUT2D eigenvalue weighted by atomic mass is 10.3. The fourth-order valence-corrected chi connectivity index (χ4v) is 3.54. The van der Waals surface area contributed by atoms with E-state index in [1.54, 1.807) is 20.8 Å². The van der Waals surface area contributed by atoms with E-state index in [1.807, 2.05) is 0 Å². The van der Waals surface area contributed by atoms with Crippen LogP contribution >= 0.6 is 0 Å². The number of aryl methyl sites for hydroxylation is 1. The number of nitrogens with one attached hydrogen (secondary N) is 1. The molecule has 0 spiro atoms. The first-order valence-corrected chi connectivity index (χ1v) is 8.67. The summed E-state index contributed by atoms with van der Waals surface area (Å²) in [5, 5.41) is 6.27. The zero-order valence-electron chi connectivity index (χ0n) is 13.2. The summed E-state index contributed by atoms with van der Waals surface area (Å²) in [5.74, 6) is -0.340. The quantitative estimate of drug-likeness (QED) is 0.873. The Bertz CT molecular complexity index is 777. The first-order valence-electron chi connectivity index (χ1n) is 7.23. The van der Waals surface area contributed by atoms with Gasteiger partial charge in [0.1, 0.15) is 0 Å². The van der Waals surface area contributed by atoms with Crippen LogP contribution in [0.3, 0.4) is 0 Å². The minimum absolute atomic E-state index is 0.0994. The summed E-state index contributed by atoms with van der Waals surface area (Å²) in [6, 6.07) is 7.54. The maximum absolute atomic E-state index is 12.4. The number of carbonyl (C=O) groups excluding carboxylic acids is 1. The summed E-state index contributed by atoms with van der Waals surface area (Å²) in [7, 11) is -3.50. The van der Waals surface area contributed by atoms with Gasteiger partial charge in [0.05, 0.1) is 10.6 Å². The molecule has 0 aliphatic heterocycles. The van der Waals surface area contributed by atoms with Gasteiger partial charge in [0.2, 0.25) is 15.8 Å². The zero-order chi connectivity index (χ0) is 17.0. The summed E-state index contributed by atoms with van der Waals surface area (Å²) >= 11 is 0. The molecule has 1 amide bonds. The first kappa shape index (κ1) is 17.2. The molecule has 1 N–H and O–H groups in total. The minimum atomic E-state index is -3.50. The molecule has 1 aromatic heterocycles. The summed E-state index contributed by atoms with van der Waals surface area (Å²) in [5.41, 5.74) is 1.08. The second-order valence-corrected chi connectivity index (χ2v) is 6.84. The number of nitrogens with zero attached hydrogens (tertiary/aromatic N) is 2. The molecule has 7 nitrogen and oxygen atoms in total. The lowest BCUT2D eigenvalue weighted by Gasteiger charge is -2.18. The van der Waals surface area contributed by atoms with Crippen LogP contribution in [0.5, 0.6) is 0 Å². The van der Waals surface area contributed by atoms with Crippen molar-refractivity contribution >= 4 is 21.6 Å². The van der Waals surface area contributed by atoms with Crippen molar-refractivity contribution in [2.75, 3.05) is 18.4 Å². The summed E-state index contributed by atoms with van der Waals surface area (Å²) in [6.45, 7) is 6.10. The van der Waals surface area contributed by atoms with Crippen molar-refractivity contribution in [3.05, 3.63) is 41.8 Å².